The van der Waals surface area contributed by atoms with Crippen molar-refractivity contribution in [3.63, 3.8) is 0 Å². The molecule has 1 saturated carbocycles. The Morgan fingerprint density at radius 2 is 2.24 bits per heavy atom. The zero-order valence-electron chi connectivity index (χ0n) is 10.8. The van der Waals surface area contributed by atoms with E-state index >= 15 is 0 Å². The molecule has 2 saturated heterocycles. The van der Waals surface area contributed by atoms with Crippen LogP contribution in [0, 0.1) is 0 Å². The Morgan fingerprint density at radius 1 is 1.35 bits per heavy atom. The van der Waals surface area contributed by atoms with Gasteiger partial charge in [0.15, 0.2) is 0 Å². The minimum absolute atomic E-state index is 0.424. The molecule has 0 aromatic heterocycles. The van der Waals surface area contributed by atoms with Crippen molar-refractivity contribution in [2.45, 2.75) is 49.9 Å². The lowest BCUT2D eigenvalue weighted by atomic mass is 10.2. The van der Waals surface area contributed by atoms with Gasteiger partial charge < -0.3 is 15.4 Å². The van der Waals surface area contributed by atoms with Gasteiger partial charge in [-0.25, -0.2) is 0 Å². The Hall–Kier alpha value is -0.160. The van der Waals surface area contributed by atoms with Crippen LogP contribution in [-0.2, 0) is 4.74 Å². The zero-order chi connectivity index (χ0) is 11.7. The molecule has 17 heavy (non-hydrogen) atoms. The standard InChI is InChI=1S/C13H25N3O/c1-17-13-6-11(15-8-13)7-14-10-4-5-16(9-10)12-2-3-12/h10-15H,2-9H2,1H3. The van der Waals surface area contributed by atoms with Crippen LogP contribution in [0.3, 0.4) is 0 Å². The fraction of sp³-hybridized carbons (Fsp3) is 1.00. The summed E-state index contributed by atoms with van der Waals surface area (Å²) in [5.41, 5.74) is 0. The predicted molar refractivity (Wildman–Crippen MR) is 68.2 cm³/mol. The average molecular weight is 239 g/mol. The minimum atomic E-state index is 0.424. The highest BCUT2D eigenvalue weighted by molar-refractivity contribution is 4.93. The normalized spacial score (nSPS) is 39.0. The Morgan fingerprint density at radius 3 is 2.94 bits per heavy atom. The van der Waals surface area contributed by atoms with Crippen molar-refractivity contribution in [2.75, 3.05) is 33.3 Å². The van der Waals surface area contributed by atoms with Crippen molar-refractivity contribution < 1.29 is 4.74 Å². The molecule has 0 aromatic carbocycles. The van der Waals surface area contributed by atoms with Crippen molar-refractivity contribution in [3.8, 4) is 0 Å². The number of likely N-dealkylation sites (tertiary alicyclic amines) is 1. The molecule has 98 valence electrons. The molecular formula is C13H25N3O. The molecule has 0 amide bonds. The third kappa shape index (κ3) is 2.99. The molecule has 0 spiro atoms. The van der Waals surface area contributed by atoms with Gasteiger partial charge in [-0.2, -0.15) is 0 Å². The summed E-state index contributed by atoms with van der Waals surface area (Å²) in [6, 6.07) is 2.26. The summed E-state index contributed by atoms with van der Waals surface area (Å²) >= 11 is 0. The van der Waals surface area contributed by atoms with E-state index in [1.165, 1.54) is 32.4 Å². The minimum Gasteiger partial charge on any atom is -0.380 e. The van der Waals surface area contributed by atoms with Crippen molar-refractivity contribution in [1.82, 2.24) is 15.5 Å². The van der Waals surface area contributed by atoms with Gasteiger partial charge in [-0.1, -0.05) is 0 Å². The molecule has 4 nitrogen and oxygen atoms in total. The maximum atomic E-state index is 5.37. The van der Waals surface area contributed by atoms with E-state index in [1.807, 2.05) is 7.11 Å². The van der Waals surface area contributed by atoms with E-state index in [9.17, 15) is 0 Å². The van der Waals surface area contributed by atoms with Gasteiger partial charge in [0.1, 0.15) is 0 Å². The second kappa shape index (κ2) is 5.22. The highest BCUT2D eigenvalue weighted by atomic mass is 16.5. The van der Waals surface area contributed by atoms with Gasteiger partial charge in [0.25, 0.3) is 0 Å². The maximum Gasteiger partial charge on any atom is 0.0711 e. The number of nitrogens with zero attached hydrogens (tertiary/aromatic N) is 1. The lowest BCUT2D eigenvalue weighted by molar-refractivity contribution is 0.117. The van der Waals surface area contributed by atoms with E-state index in [0.29, 0.717) is 12.1 Å². The lowest BCUT2D eigenvalue weighted by Crippen LogP contribution is -2.41. The van der Waals surface area contributed by atoms with Crippen molar-refractivity contribution in [3.05, 3.63) is 0 Å². The van der Waals surface area contributed by atoms with Crippen LogP contribution in [-0.4, -0.2) is 62.4 Å². The molecule has 3 aliphatic rings. The molecule has 2 aliphatic heterocycles. The smallest absolute Gasteiger partial charge is 0.0711 e. The molecular weight excluding hydrogens is 214 g/mol. The van der Waals surface area contributed by atoms with Crippen LogP contribution in [0.4, 0.5) is 0 Å². The van der Waals surface area contributed by atoms with Crippen molar-refractivity contribution >= 4 is 0 Å². The number of hydrogen-bond acceptors (Lipinski definition) is 4. The molecule has 0 aromatic rings. The van der Waals surface area contributed by atoms with E-state index in [-0.39, 0.29) is 0 Å². The Kier molecular flexibility index (Phi) is 3.66. The maximum absolute atomic E-state index is 5.37. The number of rotatable bonds is 5. The van der Waals surface area contributed by atoms with Crippen molar-refractivity contribution in [2.24, 2.45) is 0 Å². The first kappa shape index (κ1) is 11.9. The summed E-state index contributed by atoms with van der Waals surface area (Å²) in [6.45, 7) is 4.69. The summed E-state index contributed by atoms with van der Waals surface area (Å²) in [4.78, 5) is 2.66. The van der Waals surface area contributed by atoms with Gasteiger partial charge in [-0.05, 0) is 25.7 Å². The average Bonchev–Trinajstić information content (AvgIpc) is 2.93. The predicted octanol–water partition coefficient (Wildman–Crippen LogP) is 0.190. The molecule has 1 aliphatic carbocycles. The Bertz CT molecular complexity index is 257. The van der Waals surface area contributed by atoms with E-state index in [2.05, 4.69) is 15.5 Å². The van der Waals surface area contributed by atoms with Gasteiger partial charge in [0, 0.05) is 51.4 Å². The summed E-state index contributed by atoms with van der Waals surface area (Å²) < 4.78 is 5.37. The summed E-state index contributed by atoms with van der Waals surface area (Å²) in [7, 11) is 1.81. The molecule has 3 rings (SSSR count). The molecule has 2 heterocycles. The Labute approximate surface area is 104 Å². The molecule has 3 unspecified atom stereocenters. The third-order valence-electron chi connectivity index (χ3n) is 4.45. The van der Waals surface area contributed by atoms with Crippen LogP contribution in [0.5, 0.6) is 0 Å². The lowest BCUT2D eigenvalue weighted by Gasteiger charge is -2.18. The fourth-order valence-electron chi connectivity index (χ4n) is 3.15. The van der Waals surface area contributed by atoms with Gasteiger partial charge in [0.05, 0.1) is 6.10 Å². The van der Waals surface area contributed by atoms with Crippen LogP contribution in [0.2, 0.25) is 0 Å². The van der Waals surface area contributed by atoms with Crippen LogP contribution in [0.15, 0.2) is 0 Å². The van der Waals surface area contributed by atoms with Crippen molar-refractivity contribution in [1.29, 1.82) is 0 Å². The van der Waals surface area contributed by atoms with Gasteiger partial charge >= 0.3 is 0 Å². The van der Waals surface area contributed by atoms with E-state index in [0.717, 1.165) is 31.6 Å². The van der Waals surface area contributed by atoms with E-state index in [1.54, 1.807) is 0 Å². The molecule has 2 N–H and O–H groups in total. The highest BCUT2D eigenvalue weighted by Crippen LogP contribution is 2.29. The molecule has 3 atom stereocenters. The molecule has 3 fully saturated rings. The SMILES string of the molecule is COC1CNC(CNC2CCN(C3CC3)C2)C1. The van der Waals surface area contributed by atoms with Gasteiger partial charge in [0.2, 0.25) is 0 Å². The monoisotopic (exact) mass is 239 g/mol. The Balaban J connectivity index is 1.34. The molecule has 4 heteroatoms. The second-order valence-electron chi connectivity index (χ2n) is 5.82. The first-order valence-electron chi connectivity index (χ1n) is 7.09. The number of methoxy groups -OCH3 is 1. The third-order valence-corrected chi connectivity index (χ3v) is 4.45. The number of hydrogen-bond donors (Lipinski definition) is 2. The first-order valence-corrected chi connectivity index (χ1v) is 7.09. The van der Waals surface area contributed by atoms with Crippen LogP contribution >= 0.6 is 0 Å². The van der Waals surface area contributed by atoms with Gasteiger partial charge in [-0.15, -0.1) is 0 Å². The van der Waals surface area contributed by atoms with Crippen LogP contribution in [0.25, 0.3) is 0 Å². The van der Waals surface area contributed by atoms with E-state index < -0.39 is 0 Å². The zero-order valence-corrected chi connectivity index (χ0v) is 10.8. The second-order valence-corrected chi connectivity index (χ2v) is 5.82. The summed E-state index contributed by atoms with van der Waals surface area (Å²) in [5, 5.41) is 7.25. The first-order chi connectivity index (χ1) is 8.35. The quantitative estimate of drug-likeness (QED) is 0.718. The topological polar surface area (TPSA) is 36.5 Å². The van der Waals surface area contributed by atoms with Crippen LogP contribution in [0.1, 0.15) is 25.7 Å². The largest absolute Gasteiger partial charge is 0.380 e. The molecule has 0 bridgehead atoms. The number of nitrogens with one attached hydrogen (secondary N) is 2. The van der Waals surface area contributed by atoms with E-state index in [4.69, 9.17) is 4.74 Å². The molecule has 0 radical (unpaired) electrons. The summed E-state index contributed by atoms with van der Waals surface area (Å²) in [6.07, 6.45) is 5.78. The van der Waals surface area contributed by atoms with Gasteiger partial charge in [-0.3, -0.25) is 4.90 Å². The number of ether oxygens (including phenoxy) is 1. The summed E-state index contributed by atoms with van der Waals surface area (Å²) in [5.74, 6) is 0. The fourth-order valence-corrected chi connectivity index (χ4v) is 3.15. The van der Waals surface area contributed by atoms with Crippen LogP contribution < -0.4 is 10.6 Å². The highest BCUT2D eigenvalue weighted by Gasteiger charge is 2.34.